The minimum atomic E-state index is 0.971. The van der Waals surface area contributed by atoms with Crippen LogP contribution in [0.25, 0.3) is 0 Å². The molecule has 0 aromatic rings. The molecule has 0 aromatic heterocycles. The first-order valence-electron chi connectivity index (χ1n) is 5.00. The van der Waals surface area contributed by atoms with Crippen LogP contribution in [-0.4, -0.2) is 25.8 Å². The molecule has 0 radical (unpaired) electrons. The molecular formula is C12H21N3. The van der Waals surface area contributed by atoms with Crippen LogP contribution in [0.1, 0.15) is 20.3 Å². The van der Waals surface area contributed by atoms with Gasteiger partial charge in [0.1, 0.15) is 0 Å². The largest absolute Gasteiger partial charge is 0.391 e. The van der Waals surface area contributed by atoms with Crippen molar-refractivity contribution < 1.29 is 0 Å². The smallest absolute Gasteiger partial charge is 0.0296 e. The normalized spacial score (nSPS) is 12.3. The van der Waals surface area contributed by atoms with Crippen LogP contribution in [0.2, 0.25) is 0 Å². The molecule has 0 bridgehead atoms. The lowest BCUT2D eigenvalue weighted by Gasteiger charge is -2.09. The second kappa shape index (κ2) is 6.87. The van der Waals surface area contributed by atoms with E-state index in [0.717, 1.165) is 17.6 Å². The van der Waals surface area contributed by atoms with Gasteiger partial charge in [0.05, 0.1) is 0 Å². The van der Waals surface area contributed by atoms with Crippen molar-refractivity contribution >= 4 is 6.72 Å². The van der Waals surface area contributed by atoms with E-state index in [-0.39, 0.29) is 0 Å². The number of hydrazone groups is 1. The van der Waals surface area contributed by atoms with Crippen molar-refractivity contribution in [1.29, 1.82) is 0 Å². The lowest BCUT2D eigenvalue weighted by Crippen LogP contribution is -2.05. The summed E-state index contributed by atoms with van der Waals surface area (Å²) in [6, 6.07) is 0. The Kier molecular flexibility index (Phi) is 6.18. The van der Waals surface area contributed by atoms with Crippen LogP contribution >= 0.6 is 0 Å². The average Bonchev–Trinajstić information content (AvgIpc) is 2.24. The van der Waals surface area contributed by atoms with E-state index in [2.05, 4.69) is 30.6 Å². The van der Waals surface area contributed by atoms with Crippen LogP contribution in [0.15, 0.2) is 40.8 Å². The first kappa shape index (κ1) is 13.5. The van der Waals surface area contributed by atoms with Crippen molar-refractivity contribution in [2.24, 2.45) is 5.10 Å². The van der Waals surface area contributed by atoms with E-state index >= 15 is 0 Å². The Morgan fingerprint density at radius 1 is 1.53 bits per heavy atom. The molecule has 0 saturated heterocycles. The summed E-state index contributed by atoms with van der Waals surface area (Å²) in [7, 11) is 3.76. The van der Waals surface area contributed by atoms with Crippen molar-refractivity contribution in [3.63, 3.8) is 0 Å². The number of rotatable bonds is 6. The third kappa shape index (κ3) is 5.05. The van der Waals surface area contributed by atoms with Gasteiger partial charge in [-0.05, 0) is 30.6 Å². The van der Waals surface area contributed by atoms with Crippen molar-refractivity contribution in [3.8, 4) is 0 Å². The molecule has 3 nitrogen and oxygen atoms in total. The van der Waals surface area contributed by atoms with Crippen LogP contribution in [0.5, 0.6) is 0 Å². The second-order valence-corrected chi connectivity index (χ2v) is 3.33. The van der Waals surface area contributed by atoms with Gasteiger partial charge < -0.3 is 5.32 Å². The maximum absolute atomic E-state index is 4.00. The first-order valence-corrected chi connectivity index (χ1v) is 5.00. The molecule has 1 N–H and O–H groups in total. The fourth-order valence-electron chi connectivity index (χ4n) is 1.08. The fourth-order valence-corrected chi connectivity index (χ4v) is 1.08. The Hall–Kier alpha value is -1.51. The van der Waals surface area contributed by atoms with E-state index in [1.807, 2.05) is 33.3 Å². The molecule has 0 spiro atoms. The summed E-state index contributed by atoms with van der Waals surface area (Å²) in [4.78, 5) is 0. The highest BCUT2D eigenvalue weighted by atomic mass is 15.4. The Balaban J connectivity index is 4.64. The van der Waals surface area contributed by atoms with Crippen LogP contribution in [0.4, 0.5) is 0 Å². The highest BCUT2D eigenvalue weighted by molar-refractivity contribution is 5.37. The van der Waals surface area contributed by atoms with E-state index in [1.54, 1.807) is 5.01 Å². The molecule has 0 heterocycles. The van der Waals surface area contributed by atoms with Gasteiger partial charge in [0, 0.05) is 32.7 Å². The van der Waals surface area contributed by atoms with E-state index in [9.17, 15) is 0 Å². The number of hydrogen-bond donors (Lipinski definition) is 1. The highest BCUT2D eigenvalue weighted by Gasteiger charge is 1.97. The van der Waals surface area contributed by atoms with Crippen molar-refractivity contribution in [2.45, 2.75) is 20.3 Å². The minimum absolute atomic E-state index is 0.971. The van der Waals surface area contributed by atoms with Gasteiger partial charge in [-0.3, -0.25) is 5.01 Å². The Labute approximate surface area is 92.9 Å². The summed E-state index contributed by atoms with van der Waals surface area (Å²) in [5.74, 6) is 0. The third-order valence-corrected chi connectivity index (χ3v) is 2.16. The number of hydrogen-bond acceptors (Lipinski definition) is 3. The van der Waals surface area contributed by atoms with Crippen molar-refractivity contribution in [1.82, 2.24) is 10.3 Å². The molecule has 0 aliphatic rings. The molecule has 84 valence electrons. The maximum Gasteiger partial charge on any atom is 0.0296 e. The predicted molar refractivity (Wildman–Crippen MR) is 67.6 cm³/mol. The van der Waals surface area contributed by atoms with Crippen LogP contribution in [0, 0.1) is 0 Å². The molecule has 0 atom stereocenters. The lowest BCUT2D eigenvalue weighted by molar-refractivity contribution is 0.491. The SMILES string of the molecule is C=NN(C)/C=C(\C)C(=C)/C=C(/CC)NC. The summed E-state index contributed by atoms with van der Waals surface area (Å²) in [6.45, 7) is 11.6. The van der Waals surface area contributed by atoms with Crippen LogP contribution < -0.4 is 5.32 Å². The van der Waals surface area contributed by atoms with E-state index < -0.39 is 0 Å². The minimum Gasteiger partial charge on any atom is -0.391 e. The molecule has 0 rings (SSSR count). The molecule has 0 unspecified atom stereocenters. The standard InChI is InChI=1S/C12H21N3/c1-7-12(13-4)8-10(2)11(3)9-15(6)14-5/h8-9,13H,2,5,7H2,1,3-4,6H3/b11-9+,12-8-. The van der Waals surface area contributed by atoms with Crippen LogP contribution in [0.3, 0.4) is 0 Å². The molecule has 0 fully saturated rings. The van der Waals surface area contributed by atoms with Gasteiger partial charge in [0.25, 0.3) is 0 Å². The van der Waals surface area contributed by atoms with Gasteiger partial charge in [0.2, 0.25) is 0 Å². The molecule has 0 aliphatic heterocycles. The monoisotopic (exact) mass is 207 g/mol. The van der Waals surface area contributed by atoms with Gasteiger partial charge in [0.15, 0.2) is 0 Å². The summed E-state index contributed by atoms with van der Waals surface area (Å²) in [5, 5.41) is 8.55. The zero-order valence-electron chi connectivity index (χ0n) is 10.2. The Bertz CT molecular complexity index is 281. The average molecular weight is 207 g/mol. The number of nitrogens with zero attached hydrogens (tertiary/aromatic N) is 2. The quantitative estimate of drug-likeness (QED) is 0.412. The fraction of sp³-hybridized carbons (Fsp3) is 0.417. The van der Waals surface area contributed by atoms with Gasteiger partial charge in [-0.15, -0.1) is 0 Å². The Morgan fingerprint density at radius 2 is 2.13 bits per heavy atom. The van der Waals surface area contributed by atoms with Crippen LogP contribution in [-0.2, 0) is 0 Å². The number of allylic oxidation sites excluding steroid dienone is 4. The number of nitrogens with one attached hydrogen (secondary N) is 1. The third-order valence-electron chi connectivity index (χ3n) is 2.16. The highest BCUT2D eigenvalue weighted by Crippen LogP contribution is 2.11. The predicted octanol–water partition coefficient (Wildman–Crippen LogP) is 2.51. The molecule has 0 amide bonds. The second-order valence-electron chi connectivity index (χ2n) is 3.33. The summed E-state index contributed by atoms with van der Waals surface area (Å²) >= 11 is 0. The van der Waals surface area contributed by atoms with Gasteiger partial charge in [-0.25, -0.2) is 0 Å². The van der Waals surface area contributed by atoms with E-state index in [1.165, 1.54) is 5.70 Å². The molecule has 0 aliphatic carbocycles. The van der Waals surface area contributed by atoms with E-state index in [4.69, 9.17) is 0 Å². The molecule has 15 heavy (non-hydrogen) atoms. The van der Waals surface area contributed by atoms with E-state index in [0.29, 0.717) is 0 Å². The molecule has 0 saturated carbocycles. The molecule has 0 aromatic carbocycles. The Morgan fingerprint density at radius 3 is 2.53 bits per heavy atom. The zero-order valence-corrected chi connectivity index (χ0v) is 10.2. The van der Waals surface area contributed by atoms with Gasteiger partial charge in [-0.2, -0.15) is 5.10 Å². The summed E-state index contributed by atoms with van der Waals surface area (Å²) in [5.41, 5.74) is 3.23. The summed E-state index contributed by atoms with van der Waals surface area (Å²) in [6.07, 6.45) is 4.91. The molecular weight excluding hydrogens is 186 g/mol. The lowest BCUT2D eigenvalue weighted by atomic mass is 10.1. The molecule has 3 heteroatoms. The van der Waals surface area contributed by atoms with Crippen molar-refractivity contribution in [2.75, 3.05) is 14.1 Å². The van der Waals surface area contributed by atoms with Crippen molar-refractivity contribution in [3.05, 3.63) is 35.7 Å². The summed E-state index contributed by atoms with van der Waals surface area (Å²) < 4.78 is 0. The first-order chi connectivity index (χ1) is 7.04. The van der Waals surface area contributed by atoms with Gasteiger partial charge >= 0.3 is 0 Å². The van der Waals surface area contributed by atoms with Gasteiger partial charge in [-0.1, -0.05) is 13.5 Å². The topological polar surface area (TPSA) is 27.6 Å². The maximum atomic E-state index is 4.00. The zero-order chi connectivity index (χ0) is 11.8.